The molecule has 58 valence electrons. The summed E-state index contributed by atoms with van der Waals surface area (Å²) in [6.07, 6.45) is 1.52. The SMILES string of the molecule is O=c1ccnc2n1COCS2. The highest BCUT2D eigenvalue weighted by Crippen LogP contribution is 2.17. The zero-order valence-corrected chi connectivity index (χ0v) is 6.50. The largest absolute Gasteiger partial charge is 0.350 e. The summed E-state index contributed by atoms with van der Waals surface area (Å²) in [5.41, 5.74) is -0.0535. The van der Waals surface area contributed by atoms with Gasteiger partial charge >= 0.3 is 0 Å². The molecular formula is C6H6N2O2S. The fraction of sp³-hybridized carbons (Fsp3) is 0.333. The number of aromatic nitrogens is 2. The highest BCUT2D eigenvalue weighted by Gasteiger charge is 2.09. The van der Waals surface area contributed by atoms with Crippen LogP contribution in [0.25, 0.3) is 0 Å². The van der Waals surface area contributed by atoms with E-state index in [9.17, 15) is 4.79 Å². The Kier molecular flexibility index (Phi) is 1.67. The van der Waals surface area contributed by atoms with E-state index in [1.807, 2.05) is 0 Å². The molecule has 11 heavy (non-hydrogen) atoms. The molecule has 0 spiro atoms. The Morgan fingerprint density at radius 1 is 1.73 bits per heavy atom. The summed E-state index contributed by atoms with van der Waals surface area (Å²) in [7, 11) is 0. The molecule has 0 saturated heterocycles. The van der Waals surface area contributed by atoms with Gasteiger partial charge in [0.25, 0.3) is 5.56 Å². The van der Waals surface area contributed by atoms with Crippen LogP contribution in [0.15, 0.2) is 22.2 Å². The predicted octanol–water partition coefficient (Wildman–Crippen LogP) is 0.281. The number of hydrogen-bond donors (Lipinski definition) is 0. The topological polar surface area (TPSA) is 44.1 Å². The molecule has 0 amide bonds. The van der Waals surface area contributed by atoms with Crippen LogP contribution in [0.2, 0.25) is 0 Å². The number of rotatable bonds is 0. The van der Waals surface area contributed by atoms with E-state index in [0.29, 0.717) is 12.7 Å². The molecule has 2 rings (SSSR count). The van der Waals surface area contributed by atoms with Crippen molar-refractivity contribution in [3.8, 4) is 0 Å². The summed E-state index contributed by atoms with van der Waals surface area (Å²) in [4.78, 5) is 15.1. The molecule has 0 aliphatic carbocycles. The van der Waals surface area contributed by atoms with Gasteiger partial charge in [-0.2, -0.15) is 0 Å². The first kappa shape index (κ1) is 6.87. The summed E-state index contributed by atoms with van der Waals surface area (Å²) >= 11 is 1.43. The maximum Gasteiger partial charge on any atom is 0.256 e. The standard InChI is InChI=1S/C6H6N2O2S/c9-5-1-2-7-6-8(5)3-10-4-11-6/h1-2H,3-4H2. The number of fused-ring (bicyclic) bond motifs is 1. The minimum absolute atomic E-state index is 0.0535. The van der Waals surface area contributed by atoms with E-state index in [2.05, 4.69) is 4.98 Å². The third-order valence-corrected chi connectivity index (χ3v) is 2.26. The normalized spacial score (nSPS) is 16.0. The summed E-state index contributed by atoms with van der Waals surface area (Å²) in [6, 6.07) is 1.43. The average molecular weight is 170 g/mol. The minimum Gasteiger partial charge on any atom is -0.350 e. The van der Waals surface area contributed by atoms with Gasteiger partial charge < -0.3 is 4.74 Å². The lowest BCUT2D eigenvalue weighted by Crippen LogP contribution is -2.25. The number of nitrogens with zero attached hydrogens (tertiary/aromatic N) is 2. The maximum absolute atomic E-state index is 11.1. The van der Waals surface area contributed by atoms with Crippen LogP contribution in [0.4, 0.5) is 0 Å². The van der Waals surface area contributed by atoms with Crippen LogP contribution in [-0.2, 0) is 11.5 Å². The molecule has 0 unspecified atom stereocenters. The molecule has 0 saturated carbocycles. The van der Waals surface area contributed by atoms with Gasteiger partial charge in [0.05, 0.1) is 0 Å². The molecule has 1 aliphatic rings. The van der Waals surface area contributed by atoms with E-state index in [4.69, 9.17) is 4.74 Å². The highest BCUT2D eigenvalue weighted by molar-refractivity contribution is 7.99. The smallest absolute Gasteiger partial charge is 0.256 e. The van der Waals surface area contributed by atoms with Crippen molar-refractivity contribution in [3.05, 3.63) is 22.6 Å². The molecule has 0 atom stereocenters. The second-order valence-electron chi connectivity index (χ2n) is 2.09. The fourth-order valence-corrected chi connectivity index (χ4v) is 1.57. The second kappa shape index (κ2) is 2.67. The first-order valence-corrected chi connectivity index (χ1v) is 4.13. The van der Waals surface area contributed by atoms with Crippen molar-refractivity contribution in [1.82, 2.24) is 9.55 Å². The van der Waals surface area contributed by atoms with Gasteiger partial charge in [-0.3, -0.25) is 9.36 Å². The van der Waals surface area contributed by atoms with Crippen molar-refractivity contribution in [2.45, 2.75) is 11.9 Å². The van der Waals surface area contributed by atoms with Crippen molar-refractivity contribution in [2.75, 3.05) is 5.94 Å². The molecule has 1 aliphatic heterocycles. The average Bonchev–Trinajstić information content (AvgIpc) is 2.06. The summed E-state index contributed by atoms with van der Waals surface area (Å²) in [5, 5.41) is 0.740. The predicted molar refractivity (Wildman–Crippen MR) is 40.3 cm³/mol. The first-order valence-electron chi connectivity index (χ1n) is 3.14. The van der Waals surface area contributed by atoms with Gasteiger partial charge in [-0.15, -0.1) is 0 Å². The Balaban J connectivity index is 2.58. The summed E-state index contributed by atoms with van der Waals surface area (Å²) < 4.78 is 6.57. The summed E-state index contributed by atoms with van der Waals surface area (Å²) in [6.45, 7) is 0.328. The van der Waals surface area contributed by atoms with Crippen LogP contribution in [0, 0.1) is 0 Å². The van der Waals surface area contributed by atoms with Gasteiger partial charge in [0.2, 0.25) is 0 Å². The lowest BCUT2D eigenvalue weighted by molar-refractivity contribution is 0.0966. The molecule has 0 radical (unpaired) electrons. The van der Waals surface area contributed by atoms with E-state index in [1.54, 1.807) is 0 Å². The van der Waals surface area contributed by atoms with Crippen LogP contribution in [0.5, 0.6) is 0 Å². The highest BCUT2D eigenvalue weighted by atomic mass is 32.2. The number of hydrogen-bond acceptors (Lipinski definition) is 4. The Hall–Kier alpha value is -0.810. The molecule has 1 aromatic heterocycles. The van der Waals surface area contributed by atoms with E-state index in [1.165, 1.54) is 28.6 Å². The van der Waals surface area contributed by atoms with Crippen molar-refractivity contribution in [2.24, 2.45) is 0 Å². The minimum atomic E-state index is -0.0535. The van der Waals surface area contributed by atoms with Gasteiger partial charge in [-0.25, -0.2) is 4.98 Å². The van der Waals surface area contributed by atoms with E-state index in [-0.39, 0.29) is 5.56 Å². The fourth-order valence-electron chi connectivity index (χ4n) is 0.876. The van der Waals surface area contributed by atoms with Crippen molar-refractivity contribution in [3.63, 3.8) is 0 Å². The molecule has 0 fully saturated rings. The molecule has 0 bridgehead atoms. The van der Waals surface area contributed by atoms with Gasteiger partial charge in [-0.05, 0) is 0 Å². The molecule has 0 N–H and O–H groups in total. The van der Waals surface area contributed by atoms with Crippen molar-refractivity contribution < 1.29 is 4.74 Å². The zero-order valence-electron chi connectivity index (χ0n) is 5.69. The third-order valence-electron chi connectivity index (χ3n) is 1.39. The lowest BCUT2D eigenvalue weighted by Gasteiger charge is -2.15. The monoisotopic (exact) mass is 170 g/mol. The second-order valence-corrected chi connectivity index (χ2v) is 2.98. The molecular weight excluding hydrogens is 164 g/mol. The number of ether oxygens (including phenoxy) is 1. The van der Waals surface area contributed by atoms with Crippen LogP contribution >= 0.6 is 11.8 Å². The van der Waals surface area contributed by atoms with E-state index < -0.39 is 0 Å². The molecule has 4 nitrogen and oxygen atoms in total. The van der Waals surface area contributed by atoms with Crippen LogP contribution < -0.4 is 5.56 Å². The number of thioether (sulfide) groups is 1. The van der Waals surface area contributed by atoms with Gasteiger partial charge in [0, 0.05) is 12.3 Å². The van der Waals surface area contributed by atoms with Crippen molar-refractivity contribution in [1.29, 1.82) is 0 Å². The zero-order chi connectivity index (χ0) is 7.68. The Labute approximate surface area is 67.2 Å². The Morgan fingerprint density at radius 3 is 3.45 bits per heavy atom. The van der Waals surface area contributed by atoms with Gasteiger partial charge in [0.1, 0.15) is 12.7 Å². The molecule has 0 aromatic carbocycles. The van der Waals surface area contributed by atoms with Gasteiger partial charge in [-0.1, -0.05) is 11.8 Å². The van der Waals surface area contributed by atoms with E-state index >= 15 is 0 Å². The van der Waals surface area contributed by atoms with Crippen LogP contribution in [0.1, 0.15) is 0 Å². The van der Waals surface area contributed by atoms with Crippen LogP contribution in [0.3, 0.4) is 0 Å². The molecule has 2 heterocycles. The first-order chi connectivity index (χ1) is 5.38. The molecule has 5 heteroatoms. The molecule has 1 aromatic rings. The third kappa shape index (κ3) is 1.17. The maximum atomic E-state index is 11.1. The summed E-state index contributed by atoms with van der Waals surface area (Å²) in [5.74, 6) is 0.580. The lowest BCUT2D eigenvalue weighted by atomic mass is 10.6. The van der Waals surface area contributed by atoms with E-state index in [0.717, 1.165) is 5.16 Å². The van der Waals surface area contributed by atoms with Crippen molar-refractivity contribution >= 4 is 11.8 Å². The Morgan fingerprint density at radius 2 is 2.64 bits per heavy atom. The van der Waals surface area contributed by atoms with Crippen LogP contribution in [-0.4, -0.2) is 15.5 Å². The Bertz CT molecular complexity index is 323. The quantitative estimate of drug-likeness (QED) is 0.524. The van der Waals surface area contributed by atoms with Gasteiger partial charge in [0.15, 0.2) is 5.16 Å².